The van der Waals surface area contributed by atoms with Gasteiger partial charge in [-0.3, -0.25) is 4.90 Å². The van der Waals surface area contributed by atoms with E-state index >= 15 is 0 Å². The molecule has 1 aliphatic heterocycles. The van der Waals surface area contributed by atoms with Crippen LogP contribution >= 0.6 is 11.6 Å². The van der Waals surface area contributed by atoms with Crippen LogP contribution in [0, 0.1) is 11.8 Å². The number of fused-ring (bicyclic) bond motifs is 1. The third kappa shape index (κ3) is 4.45. The second kappa shape index (κ2) is 8.86. The fraction of sp³-hybridized carbons (Fsp3) is 0.160. The maximum absolute atomic E-state index is 12.9. The van der Waals surface area contributed by atoms with E-state index in [-0.39, 0.29) is 12.7 Å². The maximum Gasteiger partial charge on any atom is 0.411 e. The van der Waals surface area contributed by atoms with Crippen LogP contribution in [-0.4, -0.2) is 17.5 Å². The lowest BCUT2D eigenvalue weighted by molar-refractivity contribution is 0.0863. The predicted octanol–water partition coefficient (Wildman–Crippen LogP) is 5.63. The van der Waals surface area contributed by atoms with Crippen molar-refractivity contribution < 1.29 is 9.53 Å². The van der Waals surface area contributed by atoms with Crippen molar-refractivity contribution in [3.05, 3.63) is 106 Å². The number of carbonyl (C=O) groups excluding carboxylic acids is 1. The van der Waals surface area contributed by atoms with Gasteiger partial charge in [-0.2, -0.15) is 0 Å². The number of benzene rings is 3. The van der Waals surface area contributed by atoms with Crippen molar-refractivity contribution in [2.45, 2.75) is 19.1 Å². The van der Waals surface area contributed by atoms with Gasteiger partial charge in [0.05, 0.1) is 0 Å². The Balaban J connectivity index is 1.62. The quantitative estimate of drug-likeness (QED) is 0.521. The molecule has 0 spiro atoms. The van der Waals surface area contributed by atoms with E-state index in [0.29, 0.717) is 11.6 Å². The molecule has 3 nitrogen and oxygen atoms in total. The first-order valence-electron chi connectivity index (χ1n) is 9.53. The summed E-state index contributed by atoms with van der Waals surface area (Å²) in [5.74, 6) is 6.44. The highest BCUT2D eigenvalue weighted by Gasteiger charge is 2.32. The van der Waals surface area contributed by atoms with Crippen LogP contribution in [0.4, 0.5) is 4.79 Å². The number of nitrogens with zero attached hydrogens (tertiary/aromatic N) is 1. The Kier molecular flexibility index (Phi) is 5.84. The van der Waals surface area contributed by atoms with Crippen LogP contribution in [0.5, 0.6) is 0 Å². The summed E-state index contributed by atoms with van der Waals surface area (Å²) in [6, 6.07) is 24.8. The van der Waals surface area contributed by atoms with Crippen molar-refractivity contribution in [2.75, 3.05) is 6.54 Å². The van der Waals surface area contributed by atoms with Crippen molar-refractivity contribution in [3.8, 4) is 11.8 Å². The van der Waals surface area contributed by atoms with Gasteiger partial charge in [0, 0.05) is 22.7 Å². The Morgan fingerprint density at radius 1 is 1.00 bits per heavy atom. The highest BCUT2D eigenvalue weighted by atomic mass is 35.5. The minimum Gasteiger partial charge on any atom is -0.445 e. The zero-order chi connectivity index (χ0) is 20.1. The van der Waals surface area contributed by atoms with E-state index in [9.17, 15) is 4.79 Å². The molecule has 0 saturated carbocycles. The van der Waals surface area contributed by atoms with Gasteiger partial charge in [0.2, 0.25) is 0 Å². The van der Waals surface area contributed by atoms with Gasteiger partial charge in [-0.15, -0.1) is 0 Å². The molecule has 0 bridgehead atoms. The summed E-state index contributed by atoms with van der Waals surface area (Å²) in [6.45, 7) is 0.763. The minimum atomic E-state index is -0.448. The molecule has 4 heteroatoms. The van der Waals surface area contributed by atoms with E-state index in [1.165, 1.54) is 0 Å². The number of hydrogen-bond acceptors (Lipinski definition) is 2. The van der Waals surface area contributed by atoms with Crippen LogP contribution in [-0.2, 0) is 17.8 Å². The Labute approximate surface area is 175 Å². The molecule has 0 fully saturated rings. The molecule has 1 aliphatic rings. The fourth-order valence-corrected chi connectivity index (χ4v) is 3.75. The fourth-order valence-electron chi connectivity index (χ4n) is 3.45. The van der Waals surface area contributed by atoms with Crippen LogP contribution in [0.2, 0.25) is 5.02 Å². The molecule has 1 unspecified atom stereocenters. The van der Waals surface area contributed by atoms with Gasteiger partial charge < -0.3 is 4.74 Å². The standard InChI is InChI=1S/C25H20ClNO2/c26-22-13-7-12-21-16-17-27(25(28)29-18-20-10-5-2-6-11-20)23(24(21)22)15-14-19-8-3-1-4-9-19/h1-13,23H,16-18H2. The molecule has 0 N–H and O–H groups in total. The number of hydrogen-bond donors (Lipinski definition) is 0. The van der Waals surface area contributed by atoms with E-state index in [1.54, 1.807) is 4.90 Å². The molecular formula is C25H20ClNO2. The van der Waals surface area contributed by atoms with Gasteiger partial charge in [-0.25, -0.2) is 4.79 Å². The zero-order valence-corrected chi connectivity index (χ0v) is 16.6. The van der Waals surface area contributed by atoms with Crippen molar-refractivity contribution >= 4 is 17.7 Å². The summed E-state index contributed by atoms with van der Waals surface area (Å²) >= 11 is 6.52. The molecule has 0 aromatic heterocycles. The molecule has 0 saturated heterocycles. The smallest absolute Gasteiger partial charge is 0.411 e. The summed E-state index contributed by atoms with van der Waals surface area (Å²) in [5, 5.41) is 0.621. The molecule has 29 heavy (non-hydrogen) atoms. The molecule has 0 aliphatic carbocycles. The molecule has 0 radical (unpaired) electrons. The third-order valence-electron chi connectivity index (χ3n) is 4.92. The first kappa shape index (κ1) is 19.1. The van der Waals surface area contributed by atoms with Crippen molar-refractivity contribution in [3.63, 3.8) is 0 Å². The first-order chi connectivity index (χ1) is 14.2. The minimum absolute atomic E-state index is 0.227. The maximum atomic E-state index is 12.9. The summed E-state index contributed by atoms with van der Waals surface area (Å²) < 4.78 is 5.58. The summed E-state index contributed by atoms with van der Waals surface area (Å²) in [5.41, 5.74) is 3.85. The first-order valence-corrected chi connectivity index (χ1v) is 9.91. The molecule has 3 aromatic carbocycles. The van der Waals surface area contributed by atoms with Crippen LogP contribution < -0.4 is 0 Å². The average Bonchev–Trinajstić information content (AvgIpc) is 2.77. The van der Waals surface area contributed by atoms with Crippen LogP contribution in [0.15, 0.2) is 78.9 Å². The second-order valence-corrected chi connectivity index (χ2v) is 7.24. The summed E-state index contributed by atoms with van der Waals surface area (Å²) in [7, 11) is 0. The molecule has 3 aromatic rings. The Hall–Kier alpha value is -3.22. The SMILES string of the molecule is O=C(OCc1ccccc1)N1CCc2cccc(Cl)c2C1C#Cc1ccccc1. The molecule has 1 heterocycles. The predicted molar refractivity (Wildman–Crippen MR) is 115 cm³/mol. The highest BCUT2D eigenvalue weighted by Crippen LogP contribution is 2.35. The van der Waals surface area contributed by atoms with Gasteiger partial charge in [0.25, 0.3) is 0 Å². The number of amides is 1. The van der Waals surface area contributed by atoms with Gasteiger partial charge >= 0.3 is 6.09 Å². The van der Waals surface area contributed by atoms with Crippen LogP contribution in [0.1, 0.15) is 28.3 Å². The van der Waals surface area contributed by atoms with Gasteiger partial charge in [0.1, 0.15) is 12.6 Å². The number of halogens is 1. The molecule has 1 atom stereocenters. The molecule has 1 amide bonds. The zero-order valence-electron chi connectivity index (χ0n) is 15.8. The Morgan fingerprint density at radius 2 is 1.72 bits per heavy atom. The van der Waals surface area contributed by atoms with E-state index in [0.717, 1.165) is 28.7 Å². The monoisotopic (exact) mass is 401 g/mol. The topological polar surface area (TPSA) is 29.5 Å². The lowest BCUT2D eigenvalue weighted by Crippen LogP contribution is -2.40. The third-order valence-corrected chi connectivity index (χ3v) is 5.25. The lowest BCUT2D eigenvalue weighted by atomic mass is 9.93. The largest absolute Gasteiger partial charge is 0.445 e. The molecular weight excluding hydrogens is 382 g/mol. The van der Waals surface area contributed by atoms with E-state index in [1.807, 2.05) is 78.9 Å². The summed E-state index contributed by atoms with van der Waals surface area (Å²) in [6.07, 6.45) is 0.339. The van der Waals surface area contributed by atoms with Crippen molar-refractivity contribution in [1.82, 2.24) is 4.90 Å². The number of rotatable bonds is 2. The van der Waals surface area contributed by atoms with Crippen molar-refractivity contribution in [2.24, 2.45) is 0 Å². The Bertz CT molecular complexity index is 1050. The Morgan fingerprint density at radius 3 is 2.48 bits per heavy atom. The van der Waals surface area contributed by atoms with E-state index in [4.69, 9.17) is 16.3 Å². The van der Waals surface area contributed by atoms with Gasteiger partial charge in [-0.05, 0) is 35.7 Å². The van der Waals surface area contributed by atoms with Crippen molar-refractivity contribution in [1.29, 1.82) is 0 Å². The van der Waals surface area contributed by atoms with Gasteiger partial charge in [0.15, 0.2) is 0 Å². The average molecular weight is 402 g/mol. The molecule has 144 valence electrons. The van der Waals surface area contributed by atoms with E-state index in [2.05, 4.69) is 11.8 Å². The summed E-state index contributed by atoms with van der Waals surface area (Å²) in [4.78, 5) is 14.6. The lowest BCUT2D eigenvalue weighted by Gasteiger charge is -2.34. The number of ether oxygens (including phenoxy) is 1. The van der Waals surface area contributed by atoms with Gasteiger partial charge in [-0.1, -0.05) is 84.1 Å². The van der Waals surface area contributed by atoms with Crippen LogP contribution in [0.25, 0.3) is 0 Å². The number of carbonyl (C=O) groups is 1. The normalized spacial score (nSPS) is 15.1. The van der Waals surface area contributed by atoms with Crippen LogP contribution in [0.3, 0.4) is 0 Å². The second-order valence-electron chi connectivity index (χ2n) is 6.83. The molecule has 4 rings (SSSR count). The highest BCUT2D eigenvalue weighted by molar-refractivity contribution is 6.31. The van der Waals surface area contributed by atoms with E-state index < -0.39 is 6.04 Å².